The van der Waals surface area contributed by atoms with Crippen molar-refractivity contribution in [1.29, 1.82) is 0 Å². The summed E-state index contributed by atoms with van der Waals surface area (Å²) in [6.07, 6.45) is 1.97. The van der Waals surface area contributed by atoms with Crippen molar-refractivity contribution in [3.8, 4) is 0 Å². The van der Waals surface area contributed by atoms with Gasteiger partial charge in [-0.05, 0) is 62.1 Å². The Balaban J connectivity index is 2.55. The second-order valence-corrected chi connectivity index (χ2v) is 4.58. The highest BCUT2D eigenvalue weighted by Crippen LogP contribution is 2.20. The minimum absolute atomic E-state index is 0.193. The van der Waals surface area contributed by atoms with Crippen LogP contribution in [-0.2, 0) is 0 Å². The molecule has 0 saturated carbocycles. The summed E-state index contributed by atoms with van der Waals surface area (Å²) < 4.78 is 13.2. The first-order valence-electron chi connectivity index (χ1n) is 6.22. The largest absolute Gasteiger partial charge is 0.314 e. The topological polar surface area (TPSA) is 12.0 Å². The number of hydrogen-bond donors (Lipinski definition) is 1. The van der Waals surface area contributed by atoms with Crippen molar-refractivity contribution in [1.82, 2.24) is 5.32 Å². The van der Waals surface area contributed by atoms with Gasteiger partial charge in [0.05, 0.1) is 0 Å². The molecular weight excluding hydrogens is 213 g/mol. The lowest BCUT2D eigenvalue weighted by Crippen LogP contribution is -2.26. The van der Waals surface area contributed by atoms with Gasteiger partial charge in [0.25, 0.3) is 0 Å². The molecule has 94 valence electrons. The zero-order valence-electron chi connectivity index (χ0n) is 11.0. The zero-order chi connectivity index (χ0) is 12.8. The summed E-state index contributed by atoms with van der Waals surface area (Å²) in [5, 5.41) is 3.41. The molecule has 17 heavy (non-hydrogen) atoms. The molecule has 1 atom stereocenters. The molecule has 1 aromatic carbocycles. The quantitative estimate of drug-likeness (QED) is 0.788. The van der Waals surface area contributed by atoms with Crippen LogP contribution in [0.3, 0.4) is 0 Å². The lowest BCUT2D eigenvalue weighted by Gasteiger charge is -2.13. The van der Waals surface area contributed by atoms with Gasteiger partial charge >= 0.3 is 0 Å². The predicted octanol–water partition coefficient (Wildman–Crippen LogP) is 3.93. The van der Waals surface area contributed by atoms with Gasteiger partial charge in [0.1, 0.15) is 5.82 Å². The average molecular weight is 235 g/mol. The van der Waals surface area contributed by atoms with Gasteiger partial charge in [-0.25, -0.2) is 4.39 Å². The Labute approximate surface area is 104 Å². The molecule has 0 aromatic heterocycles. The summed E-state index contributed by atoms with van der Waals surface area (Å²) in [5.41, 5.74) is 3.02. The van der Waals surface area contributed by atoms with Gasteiger partial charge < -0.3 is 5.32 Å². The van der Waals surface area contributed by atoms with E-state index in [0.717, 1.165) is 36.1 Å². The van der Waals surface area contributed by atoms with Crippen LogP contribution in [-0.4, -0.2) is 12.6 Å². The minimum Gasteiger partial charge on any atom is -0.314 e. The molecule has 1 rings (SSSR count). The van der Waals surface area contributed by atoms with Crippen LogP contribution in [0, 0.1) is 12.7 Å². The van der Waals surface area contributed by atoms with Crippen LogP contribution < -0.4 is 5.32 Å². The summed E-state index contributed by atoms with van der Waals surface area (Å²) in [6, 6.07) is 5.39. The third-order valence-electron chi connectivity index (χ3n) is 3.11. The van der Waals surface area contributed by atoms with Crippen LogP contribution in [0.1, 0.15) is 37.8 Å². The molecule has 1 unspecified atom stereocenters. The van der Waals surface area contributed by atoms with Crippen LogP contribution in [0.2, 0.25) is 0 Å². The van der Waals surface area contributed by atoms with Gasteiger partial charge in [0, 0.05) is 6.04 Å². The van der Waals surface area contributed by atoms with Gasteiger partial charge in [-0.3, -0.25) is 0 Å². The number of hydrogen-bond acceptors (Lipinski definition) is 1. The molecule has 1 nitrogen and oxygen atoms in total. The molecule has 0 saturated heterocycles. The number of benzene rings is 1. The van der Waals surface area contributed by atoms with E-state index < -0.39 is 0 Å². The van der Waals surface area contributed by atoms with Crippen molar-refractivity contribution in [2.75, 3.05) is 6.54 Å². The second-order valence-electron chi connectivity index (χ2n) is 4.58. The van der Waals surface area contributed by atoms with Gasteiger partial charge in [-0.15, -0.1) is 0 Å². The monoisotopic (exact) mass is 235 g/mol. The first-order valence-corrected chi connectivity index (χ1v) is 6.22. The first-order chi connectivity index (χ1) is 8.04. The number of nitrogens with one attached hydrogen (secondary N) is 1. The molecule has 0 aliphatic rings. The molecule has 0 fully saturated rings. The third-order valence-corrected chi connectivity index (χ3v) is 3.11. The standard InChI is InChI=1S/C15H22FN/c1-5-13(4)17-9-8-12(3)15-10-14(16)7-6-11(15)2/h6-7,10,13,17H,3,5,8-9H2,1-2,4H3. The fourth-order valence-corrected chi connectivity index (χ4v) is 1.72. The first kappa shape index (κ1) is 13.9. The Morgan fingerprint density at radius 2 is 2.18 bits per heavy atom. The zero-order valence-corrected chi connectivity index (χ0v) is 11.0. The maximum atomic E-state index is 13.2. The molecule has 0 aliphatic heterocycles. The van der Waals surface area contributed by atoms with Crippen molar-refractivity contribution in [3.05, 3.63) is 41.7 Å². The van der Waals surface area contributed by atoms with E-state index in [1.165, 1.54) is 6.07 Å². The maximum absolute atomic E-state index is 13.2. The Morgan fingerprint density at radius 3 is 2.82 bits per heavy atom. The van der Waals surface area contributed by atoms with Crippen LogP contribution in [0.5, 0.6) is 0 Å². The third kappa shape index (κ3) is 4.31. The fraction of sp³-hybridized carbons (Fsp3) is 0.467. The van der Waals surface area contributed by atoms with E-state index in [2.05, 4.69) is 25.7 Å². The van der Waals surface area contributed by atoms with E-state index in [1.807, 2.05) is 6.92 Å². The van der Waals surface area contributed by atoms with E-state index in [1.54, 1.807) is 12.1 Å². The molecular formula is C15H22FN. The predicted molar refractivity (Wildman–Crippen MR) is 72.5 cm³/mol. The Bertz CT molecular complexity index is 385. The van der Waals surface area contributed by atoms with Crippen LogP contribution in [0.25, 0.3) is 5.57 Å². The highest BCUT2D eigenvalue weighted by atomic mass is 19.1. The highest BCUT2D eigenvalue weighted by molar-refractivity contribution is 5.66. The van der Waals surface area contributed by atoms with Gasteiger partial charge in [0.2, 0.25) is 0 Å². The Kier molecular flexibility index (Phi) is 5.36. The normalized spacial score (nSPS) is 12.5. The minimum atomic E-state index is -0.193. The summed E-state index contributed by atoms with van der Waals surface area (Å²) in [7, 11) is 0. The van der Waals surface area contributed by atoms with Gasteiger partial charge in [-0.1, -0.05) is 19.6 Å². The van der Waals surface area contributed by atoms with E-state index in [4.69, 9.17) is 0 Å². The molecule has 0 amide bonds. The van der Waals surface area contributed by atoms with Crippen LogP contribution >= 0.6 is 0 Å². The van der Waals surface area contributed by atoms with E-state index in [9.17, 15) is 4.39 Å². The van der Waals surface area contributed by atoms with Gasteiger partial charge in [0.15, 0.2) is 0 Å². The van der Waals surface area contributed by atoms with Crippen molar-refractivity contribution in [2.45, 2.75) is 39.7 Å². The molecule has 0 heterocycles. The lowest BCUT2D eigenvalue weighted by molar-refractivity contribution is 0.542. The lowest BCUT2D eigenvalue weighted by atomic mass is 9.99. The molecule has 0 radical (unpaired) electrons. The van der Waals surface area contributed by atoms with Gasteiger partial charge in [-0.2, -0.15) is 0 Å². The summed E-state index contributed by atoms with van der Waals surface area (Å²) >= 11 is 0. The van der Waals surface area contributed by atoms with Crippen molar-refractivity contribution in [3.63, 3.8) is 0 Å². The highest BCUT2D eigenvalue weighted by Gasteiger charge is 2.05. The molecule has 2 heteroatoms. The SMILES string of the molecule is C=C(CCNC(C)CC)c1cc(F)ccc1C. The van der Waals surface area contributed by atoms with Crippen LogP contribution in [0.4, 0.5) is 4.39 Å². The fourth-order valence-electron chi connectivity index (χ4n) is 1.72. The van der Waals surface area contributed by atoms with E-state index in [0.29, 0.717) is 6.04 Å². The van der Waals surface area contributed by atoms with Crippen molar-refractivity contribution < 1.29 is 4.39 Å². The molecule has 0 spiro atoms. The van der Waals surface area contributed by atoms with E-state index >= 15 is 0 Å². The van der Waals surface area contributed by atoms with Crippen LogP contribution in [0.15, 0.2) is 24.8 Å². The van der Waals surface area contributed by atoms with E-state index in [-0.39, 0.29) is 5.82 Å². The molecule has 1 aromatic rings. The smallest absolute Gasteiger partial charge is 0.123 e. The van der Waals surface area contributed by atoms with Crippen molar-refractivity contribution >= 4 is 5.57 Å². The second kappa shape index (κ2) is 6.55. The summed E-state index contributed by atoms with van der Waals surface area (Å²) in [5.74, 6) is -0.193. The molecule has 0 aliphatic carbocycles. The Morgan fingerprint density at radius 1 is 1.47 bits per heavy atom. The molecule has 0 bridgehead atoms. The maximum Gasteiger partial charge on any atom is 0.123 e. The average Bonchev–Trinajstić information content (AvgIpc) is 2.31. The number of halogens is 1. The number of rotatable bonds is 6. The van der Waals surface area contributed by atoms with Crippen molar-refractivity contribution in [2.24, 2.45) is 0 Å². The number of aryl methyl sites for hydroxylation is 1. The Hall–Kier alpha value is -1.15. The summed E-state index contributed by atoms with van der Waals surface area (Å²) in [6.45, 7) is 11.2. The molecule has 1 N–H and O–H groups in total. The summed E-state index contributed by atoms with van der Waals surface area (Å²) in [4.78, 5) is 0.